The molecule has 0 radical (unpaired) electrons. The van der Waals surface area contributed by atoms with Crippen LogP contribution >= 0.6 is 0 Å². The van der Waals surface area contributed by atoms with E-state index in [-0.39, 0.29) is 12.1 Å². The third-order valence-electron chi connectivity index (χ3n) is 2.85. The number of hydrogen-bond acceptors (Lipinski definition) is 3. The normalized spacial score (nSPS) is 13.8. The highest BCUT2D eigenvalue weighted by Crippen LogP contribution is 2.26. The van der Waals surface area contributed by atoms with Gasteiger partial charge >= 0.3 is 0 Å². The van der Waals surface area contributed by atoms with Gasteiger partial charge in [0, 0.05) is 6.04 Å². The van der Waals surface area contributed by atoms with Gasteiger partial charge in [0.05, 0.1) is 0 Å². The maximum Gasteiger partial charge on any atom is 0.184 e. The summed E-state index contributed by atoms with van der Waals surface area (Å²) in [6.45, 7) is 7.97. The molecular weight excluding hydrogens is 224 g/mol. The zero-order valence-corrected chi connectivity index (χ0v) is 11.7. The zero-order chi connectivity index (χ0) is 13.7. The predicted molar refractivity (Wildman–Crippen MR) is 73.6 cm³/mol. The van der Waals surface area contributed by atoms with Gasteiger partial charge in [-0.2, -0.15) is 5.26 Å². The number of rotatable bonds is 5. The first kappa shape index (κ1) is 14.5. The molecule has 0 saturated heterocycles. The van der Waals surface area contributed by atoms with Crippen molar-refractivity contribution in [1.82, 2.24) is 0 Å². The Morgan fingerprint density at radius 3 is 2.28 bits per heavy atom. The van der Waals surface area contributed by atoms with Crippen molar-refractivity contribution in [3.63, 3.8) is 0 Å². The first-order valence-electron chi connectivity index (χ1n) is 6.39. The van der Waals surface area contributed by atoms with E-state index in [4.69, 9.17) is 15.7 Å². The summed E-state index contributed by atoms with van der Waals surface area (Å²) in [7, 11) is 0. The Hall–Kier alpha value is -1.53. The first-order valence-corrected chi connectivity index (χ1v) is 6.39. The van der Waals surface area contributed by atoms with Crippen LogP contribution in [-0.4, -0.2) is 12.1 Å². The highest BCUT2D eigenvalue weighted by atomic mass is 16.5. The Morgan fingerprint density at radius 1 is 1.33 bits per heavy atom. The molecule has 2 unspecified atom stereocenters. The number of nitriles is 1. The lowest BCUT2D eigenvalue weighted by atomic mass is 10.0. The van der Waals surface area contributed by atoms with Crippen molar-refractivity contribution in [3.8, 4) is 11.8 Å². The number of benzene rings is 1. The molecule has 1 rings (SSSR count). The van der Waals surface area contributed by atoms with E-state index in [2.05, 4.69) is 18.2 Å². The summed E-state index contributed by atoms with van der Waals surface area (Å²) in [6.07, 6.45) is 1.18. The van der Waals surface area contributed by atoms with Gasteiger partial charge in [-0.25, -0.2) is 0 Å². The van der Waals surface area contributed by atoms with Crippen molar-refractivity contribution >= 4 is 0 Å². The van der Waals surface area contributed by atoms with Crippen molar-refractivity contribution in [3.05, 3.63) is 28.8 Å². The highest BCUT2D eigenvalue weighted by molar-refractivity contribution is 5.44. The van der Waals surface area contributed by atoms with Crippen molar-refractivity contribution in [2.45, 2.75) is 52.7 Å². The molecule has 0 heterocycles. The SMILES string of the molecule is CCC(C#N)Oc1c(C)cc(CC(C)N)cc1C. The van der Waals surface area contributed by atoms with Gasteiger partial charge in [-0.05, 0) is 50.3 Å². The third kappa shape index (κ3) is 3.75. The summed E-state index contributed by atoms with van der Waals surface area (Å²) in [5.74, 6) is 0.830. The average molecular weight is 246 g/mol. The fraction of sp³-hybridized carbons (Fsp3) is 0.533. The maximum absolute atomic E-state index is 8.95. The molecule has 98 valence electrons. The number of ether oxygens (including phenoxy) is 1. The fourth-order valence-electron chi connectivity index (χ4n) is 2.06. The molecule has 2 atom stereocenters. The lowest BCUT2D eigenvalue weighted by Gasteiger charge is -2.17. The minimum absolute atomic E-state index is 0.151. The molecule has 0 aromatic heterocycles. The molecular formula is C15H22N2O. The second-order valence-corrected chi connectivity index (χ2v) is 4.88. The van der Waals surface area contributed by atoms with E-state index >= 15 is 0 Å². The van der Waals surface area contributed by atoms with Crippen molar-refractivity contribution in [2.75, 3.05) is 0 Å². The standard InChI is InChI=1S/C15H22N2O/c1-5-14(9-16)18-15-10(2)6-13(7-11(15)3)8-12(4)17/h6-7,12,14H,5,8,17H2,1-4H3. The summed E-state index contributed by atoms with van der Waals surface area (Å²) < 4.78 is 5.74. The molecule has 0 saturated carbocycles. The van der Waals surface area contributed by atoms with Gasteiger partial charge in [0.15, 0.2) is 6.10 Å². The molecule has 0 aliphatic heterocycles. The molecule has 0 aliphatic rings. The van der Waals surface area contributed by atoms with E-state index in [1.807, 2.05) is 27.7 Å². The minimum Gasteiger partial charge on any atom is -0.475 e. The monoisotopic (exact) mass is 246 g/mol. The molecule has 2 N–H and O–H groups in total. The molecule has 1 aromatic rings. The van der Waals surface area contributed by atoms with E-state index in [0.717, 1.165) is 23.3 Å². The molecule has 1 aromatic carbocycles. The van der Waals surface area contributed by atoms with E-state index < -0.39 is 0 Å². The van der Waals surface area contributed by atoms with E-state index in [1.165, 1.54) is 5.56 Å². The van der Waals surface area contributed by atoms with Gasteiger partial charge in [-0.15, -0.1) is 0 Å². The Bertz CT molecular complexity index is 423. The Morgan fingerprint density at radius 2 is 1.89 bits per heavy atom. The molecule has 0 spiro atoms. The van der Waals surface area contributed by atoms with Crippen molar-refractivity contribution in [1.29, 1.82) is 5.26 Å². The van der Waals surface area contributed by atoms with E-state index in [9.17, 15) is 0 Å². The van der Waals surface area contributed by atoms with Crippen LogP contribution in [0, 0.1) is 25.2 Å². The highest BCUT2D eigenvalue weighted by Gasteiger charge is 2.12. The summed E-state index contributed by atoms with van der Waals surface area (Å²) in [6, 6.07) is 6.50. The summed E-state index contributed by atoms with van der Waals surface area (Å²) in [4.78, 5) is 0. The molecule has 0 fully saturated rings. The predicted octanol–water partition coefficient (Wildman–Crippen LogP) is 2.87. The van der Waals surface area contributed by atoms with Gasteiger partial charge in [-0.1, -0.05) is 19.1 Å². The summed E-state index contributed by atoms with van der Waals surface area (Å²) in [5.41, 5.74) is 9.17. The largest absolute Gasteiger partial charge is 0.475 e. The van der Waals surface area contributed by atoms with Crippen LogP contribution in [0.4, 0.5) is 0 Å². The Kier molecular flexibility index (Phi) is 5.18. The molecule has 0 bridgehead atoms. The van der Waals surface area contributed by atoms with Crippen molar-refractivity contribution in [2.24, 2.45) is 5.73 Å². The van der Waals surface area contributed by atoms with E-state index in [1.54, 1.807) is 0 Å². The zero-order valence-electron chi connectivity index (χ0n) is 11.7. The summed E-state index contributed by atoms with van der Waals surface area (Å²) >= 11 is 0. The van der Waals surface area contributed by atoms with Crippen LogP contribution in [0.5, 0.6) is 5.75 Å². The Labute approximate surface area is 110 Å². The molecule has 3 heteroatoms. The quantitative estimate of drug-likeness (QED) is 0.869. The topological polar surface area (TPSA) is 59.0 Å². The van der Waals surface area contributed by atoms with Gasteiger partial charge in [0.25, 0.3) is 0 Å². The second kappa shape index (κ2) is 6.42. The van der Waals surface area contributed by atoms with Crippen LogP contribution in [0.25, 0.3) is 0 Å². The van der Waals surface area contributed by atoms with Crippen LogP contribution in [0.2, 0.25) is 0 Å². The minimum atomic E-state index is -0.373. The molecule has 0 amide bonds. The van der Waals surface area contributed by atoms with Crippen LogP contribution in [0.1, 0.15) is 37.0 Å². The van der Waals surface area contributed by atoms with Gasteiger partial charge in [-0.3, -0.25) is 0 Å². The number of nitrogens with two attached hydrogens (primary N) is 1. The van der Waals surface area contributed by atoms with Crippen LogP contribution in [-0.2, 0) is 6.42 Å². The Balaban J connectivity index is 2.98. The first-order chi connectivity index (χ1) is 8.47. The van der Waals surface area contributed by atoms with Crippen LogP contribution in [0.3, 0.4) is 0 Å². The summed E-state index contributed by atoms with van der Waals surface area (Å²) in [5, 5.41) is 8.95. The molecule has 3 nitrogen and oxygen atoms in total. The van der Waals surface area contributed by atoms with E-state index in [0.29, 0.717) is 6.42 Å². The van der Waals surface area contributed by atoms with Gasteiger partial charge < -0.3 is 10.5 Å². The van der Waals surface area contributed by atoms with Crippen LogP contribution in [0.15, 0.2) is 12.1 Å². The number of aryl methyl sites for hydroxylation is 2. The smallest absolute Gasteiger partial charge is 0.184 e. The lowest BCUT2D eigenvalue weighted by Crippen LogP contribution is -2.18. The number of hydrogen-bond donors (Lipinski definition) is 1. The maximum atomic E-state index is 8.95. The van der Waals surface area contributed by atoms with Crippen LogP contribution < -0.4 is 10.5 Å². The number of nitrogens with zero attached hydrogens (tertiary/aromatic N) is 1. The molecule has 0 aliphatic carbocycles. The average Bonchev–Trinajstić information content (AvgIpc) is 2.27. The second-order valence-electron chi connectivity index (χ2n) is 4.88. The molecule has 18 heavy (non-hydrogen) atoms. The lowest BCUT2D eigenvalue weighted by molar-refractivity contribution is 0.248. The third-order valence-corrected chi connectivity index (χ3v) is 2.85. The van der Waals surface area contributed by atoms with Crippen molar-refractivity contribution < 1.29 is 4.74 Å². The van der Waals surface area contributed by atoms with Gasteiger partial charge in [0.1, 0.15) is 11.8 Å². The fourth-order valence-corrected chi connectivity index (χ4v) is 2.06. The van der Waals surface area contributed by atoms with Gasteiger partial charge in [0.2, 0.25) is 0 Å².